The van der Waals surface area contributed by atoms with Crippen LogP contribution in [0, 0.1) is 11.6 Å². The third kappa shape index (κ3) is 3.51. The van der Waals surface area contributed by atoms with Gasteiger partial charge in [0, 0.05) is 24.8 Å². The van der Waals surface area contributed by atoms with Crippen LogP contribution in [0.3, 0.4) is 0 Å². The Morgan fingerprint density at radius 2 is 2.00 bits per heavy atom. The average molecular weight is 278 g/mol. The van der Waals surface area contributed by atoms with Crippen molar-refractivity contribution in [3.8, 4) is 5.88 Å². The van der Waals surface area contributed by atoms with Crippen LogP contribution in [0.5, 0.6) is 5.88 Å². The van der Waals surface area contributed by atoms with Crippen LogP contribution in [0.1, 0.15) is 24.1 Å². The highest BCUT2D eigenvalue weighted by atomic mass is 19.2. The maximum Gasteiger partial charge on any atom is 0.212 e. The molecule has 0 bridgehead atoms. The molecule has 1 atom stereocenters. The van der Waals surface area contributed by atoms with E-state index in [2.05, 4.69) is 10.3 Å². The van der Waals surface area contributed by atoms with E-state index in [1.807, 2.05) is 13.0 Å². The smallest absolute Gasteiger partial charge is 0.212 e. The lowest BCUT2D eigenvalue weighted by molar-refractivity contribution is 0.397. The molecule has 1 aromatic heterocycles. The minimum atomic E-state index is -0.833. The summed E-state index contributed by atoms with van der Waals surface area (Å²) < 4.78 is 31.0. The summed E-state index contributed by atoms with van der Waals surface area (Å²) in [5.74, 6) is -1.11. The zero-order chi connectivity index (χ0) is 14.5. The van der Waals surface area contributed by atoms with Crippen LogP contribution in [0.25, 0.3) is 0 Å². The second-order valence-corrected chi connectivity index (χ2v) is 4.48. The van der Waals surface area contributed by atoms with Crippen LogP contribution in [-0.4, -0.2) is 12.1 Å². The Hall–Kier alpha value is -2.01. The first-order chi connectivity index (χ1) is 9.60. The lowest BCUT2D eigenvalue weighted by atomic mass is 10.1. The van der Waals surface area contributed by atoms with Gasteiger partial charge in [-0.3, -0.25) is 0 Å². The molecule has 0 aliphatic carbocycles. The molecule has 0 saturated heterocycles. The van der Waals surface area contributed by atoms with Crippen molar-refractivity contribution in [3.63, 3.8) is 0 Å². The molecule has 2 aromatic rings. The molecule has 0 fully saturated rings. The van der Waals surface area contributed by atoms with Gasteiger partial charge >= 0.3 is 0 Å². The number of aromatic nitrogens is 1. The van der Waals surface area contributed by atoms with Crippen molar-refractivity contribution < 1.29 is 13.5 Å². The van der Waals surface area contributed by atoms with E-state index in [-0.39, 0.29) is 6.04 Å². The van der Waals surface area contributed by atoms with Gasteiger partial charge in [-0.05, 0) is 30.2 Å². The number of pyridine rings is 1. The van der Waals surface area contributed by atoms with E-state index >= 15 is 0 Å². The molecule has 5 heteroatoms. The zero-order valence-electron chi connectivity index (χ0n) is 11.4. The number of nitrogens with one attached hydrogen (secondary N) is 1. The number of halogens is 2. The fraction of sp³-hybridized carbons (Fsp3) is 0.267. The number of hydrogen-bond donors (Lipinski definition) is 1. The molecule has 0 amide bonds. The molecule has 3 nitrogen and oxygen atoms in total. The number of methoxy groups -OCH3 is 1. The van der Waals surface area contributed by atoms with E-state index in [1.165, 1.54) is 6.07 Å². The largest absolute Gasteiger partial charge is 0.481 e. The van der Waals surface area contributed by atoms with Crippen molar-refractivity contribution in [1.29, 1.82) is 0 Å². The van der Waals surface area contributed by atoms with Crippen LogP contribution in [0.15, 0.2) is 36.5 Å². The Kier molecular flexibility index (Phi) is 4.63. The maximum absolute atomic E-state index is 13.2. The molecule has 0 radical (unpaired) electrons. The van der Waals surface area contributed by atoms with Crippen LogP contribution in [0.2, 0.25) is 0 Å². The summed E-state index contributed by atoms with van der Waals surface area (Å²) in [6, 6.07) is 7.50. The second kappa shape index (κ2) is 6.43. The molecule has 0 saturated carbocycles. The first-order valence-corrected chi connectivity index (χ1v) is 6.27. The van der Waals surface area contributed by atoms with Crippen molar-refractivity contribution in [2.75, 3.05) is 7.11 Å². The third-order valence-corrected chi connectivity index (χ3v) is 3.06. The van der Waals surface area contributed by atoms with Gasteiger partial charge < -0.3 is 10.1 Å². The number of rotatable bonds is 5. The summed E-state index contributed by atoms with van der Waals surface area (Å²) >= 11 is 0. The van der Waals surface area contributed by atoms with Gasteiger partial charge in [0.05, 0.1) is 7.11 Å². The molecule has 106 valence electrons. The van der Waals surface area contributed by atoms with Gasteiger partial charge in [-0.25, -0.2) is 13.8 Å². The number of hydrogen-bond acceptors (Lipinski definition) is 3. The summed E-state index contributed by atoms with van der Waals surface area (Å²) in [6.07, 6.45) is 1.71. The lowest BCUT2D eigenvalue weighted by Gasteiger charge is -2.14. The van der Waals surface area contributed by atoms with Gasteiger partial charge in [0.2, 0.25) is 5.88 Å². The van der Waals surface area contributed by atoms with E-state index in [0.29, 0.717) is 18.0 Å². The highest BCUT2D eigenvalue weighted by Gasteiger charge is 2.09. The highest BCUT2D eigenvalue weighted by Crippen LogP contribution is 2.16. The van der Waals surface area contributed by atoms with Crippen molar-refractivity contribution in [1.82, 2.24) is 10.3 Å². The second-order valence-electron chi connectivity index (χ2n) is 4.48. The molecule has 2 rings (SSSR count). The monoisotopic (exact) mass is 278 g/mol. The normalized spacial score (nSPS) is 12.2. The van der Waals surface area contributed by atoms with Crippen LogP contribution >= 0.6 is 0 Å². The molecule has 0 aliphatic rings. The van der Waals surface area contributed by atoms with E-state index in [0.717, 1.165) is 11.6 Å². The molecular formula is C15H16F2N2O. The van der Waals surface area contributed by atoms with Crippen molar-refractivity contribution in [2.45, 2.75) is 19.5 Å². The molecule has 1 N–H and O–H groups in total. The highest BCUT2D eigenvalue weighted by molar-refractivity contribution is 5.22. The SMILES string of the molecule is COc1ccc(CNC(C)c2ccc(F)c(F)c2)cn1. The minimum absolute atomic E-state index is 0.0906. The zero-order valence-corrected chi connectivity index (χ0v) is 11.4. The van der Waals surface area contributed by atoms with Gasteiger partial charge in [0.1, 0.15) is 0 Å². The third-order valence-electron chi connectivity index (χ3n) is 3.06. The topological polar surface area (TPSA) is 34.1 Å². The Morgan fingerprint density at radius 1 is 1.20 bits per heavy atom. The molecule has 0 spiro atoms. The lowest BCUT2D eigenvalue weighted by Crippen LogP contribution is -2.18. The molecule has 1 aromatic carbocycles. The van der Waals surface area contributed by atoms with Crippen molar-refractivity contribution in [3.05, 3.63) is 59.3 Å². The Bertz CT molecular complexity index is 573. The molecular weight excluding hydrogens is 262 g/mol. The van der Waals surface area contributed by atoms with Crippen LogP contribution in [0.4, 0.5) is 8.78 Å². The van der Waals surface area contributed by atoms with Gasteiger partial charge in [0.25, 0.3) is 0 Å². The predicted octanol–water partition coefficient (Wildman–Crippen LogP) is 3.22. The summed E-state index contributed by atoms with van der Waals surface area (Å²) in [7, 11) is 1.56. The standard InChI is InChI=1S/C15H16F2N2O/c1-10(12-4-5-13(16)14(17)7-12)18-8-11-3-6-15(20-2)19-9-11/h3-7,9-10,18H,8H2,1-2H3. The van der Waals surface area contributed by atoms with Gasteiger partial charge in [-0.1, -0.05) is 12.1 Å². The van der Waals surface area contributed by atoms with E-state index in [1.54, 1.807) is 25.4 Å². The minimum Gasteiger partial charge on any atom is -0.481 e. The fourth-order valence-electron chi connectivity index (χ4n) is 1.81. The van der Waals surface area contributed by atoms with Gasteiger partial charge in [-0.15, -0.1) is 0 Å². The summed E-state index contributed by atoms with van der Waals surface area (Å²) in [4.78, 5) is 4.10. The summed E-state index contributed by atoms with van der Waals surface area (Å²) in [5.41, 5.74) is 1.69. The van der Waals surface area contributed by atoms with Crippen molar-refractivity contribution in [2.24, 2.45) is 0 Å². The van der Waals surface area contributed by atoms with Gasteiger partial charge in [-0.2, -0.15) is 0 Å². The van der Waals surface area contributed by atoms with Gasteiger partial charge in [0.15, 0.2) is 11.6 Å². The fourth-order valence-corrected chi connectivity index (χ4v) is 1.81. The quantitative estimate of drug-likeness (QED) is 0.912. The first-order valence-electron chi connectivity index (χ1n) is 6.27. The van der Waals surface area contributed by atoms with Crippen LogP contribution < -0.4 is 10.1 Å². The number of benzene rings is 1. The van der Waals surface area contributed by atoms with E-state index in [9.17, 15) is 8.78 Å². The summed E-state index contributed by atoms with van der Waals surface area (Å²) in [6.45, 7) is 2.47. The number of ether oxygens (including phenoxy) is 1. The average Bonchev–Trinajstić information content (AvgIpc) is 2.48. The molecule has 1 heterocycles. The molecule has 1 unspecified atom stereocenters. The summed E-state index contributed by atoms with van der Waals surface area (Å²) in [5, 5.41) is 3.23. The Balaban J connectivity index is 1.96. The van der Waals surface area contributed by atoms with E-state index in [4.69, 9.17) is 4.74 Å². The molecule has 20 heavy (non-hydrogen) atoms. The number of nitrogens with zero attached hydrogens (tertiary/aromatic N) is 1. The first kappa shape index (κ1) is 14.4. The van der Waals surface area contributed by atoms with Crippen molar-refractivity contribution >= 4 is 0 Å². The predicted molar refractivity (Wildman–Crippen MR) is 72.4 cm³/mol. The maximum atomic E-state index is 13.2. The Morgan fingerprint density at radius 3 is 2.60 bits per heavy atom. The Labute approximate surface area is 116 Å². The van der Waals surface area contributed by atoms with Crippen LogP contribution in [-0.2, 0) is 6.54 Å². The molecule has 0 aliphatic heterocycles. The van der Waals surface area contributed by atoms with E-state index < -0.39 is 11.6 Å².